The molecule has 0 atom stereocenters. The van der Waals surface area contributed by atoms with Crippen LogP contribution in [0.25, 0.3) is 10.9 Å². The van der Waals surface area contributed by atoms with Gasteiger partial charge >= 0.3 is 6.09 Å². The first-order chi connectivity index (χ1) is 11.6. The van der Waals surface area contributed by atoms with Crippen LogP contribution in [-0.4, -0.2) is 16.0 Å². The zero-order chi connectivity index (χ0) is 16.7. The van der Waals surface area contributed by atoms with E-state index >= 15 is 0 Å². The van der Waals surface area contributed by atoms with E-state index in [4.69, 9.17) is 4.74 Å². The van der Waals surface area contributed by atoms with E-state index in [9.17, 15) is 4.79 Å². The molecule has 0 unspecified atom stereocenters. The zero-order valence-electron chi connectivity index (χ0n) is 13.7. The molecule has 4 heteroatoms. The molecular weight excluding hydrogens is 300 g/mol. The molecule has 2 heterocycles. The summed E-state index contributed by atoms with van der Waals surface area (Å²) in [4.78, 5) is 18.6. The van der Waals surface area contributed by atoms with Crippen molar-refractivity contribution in [2.24, 2.45) is 0 Å². The molecule has 3 aromatic rings. The van der Waals surface area contributed by atoms with Gasteiger partial charge in [-0.3, -0.25) is 4.90 Å². The summed E-state index contributed by atoms with van der Waals surface area (Å²) in [7, 11) is 0. The van der Waals surface area contributed by atoms with Crippen molar-refractivity contribution >= 4 is 17.0 Å². The molecule has 0 bridgehead atoms. The SMILES string of the molecule is Cc1cc(C)c2nc3c(cc2c1)CN(Cc1ccccc1)C(=O)O3. The summed E-state index contributed by atoms with van der Waals surface area (Å²) in [5.41, 5.74) is 5.22. The monoisotopic (exact) mass is 318 g/mol. The van der Waals surface area contributed by atoms with E-state index in [-0.39, 0.29) is 6.09 Å². The van der Waals surface area contributed by atoms with Gasteiger partial charge in [0.05, 0.1) is 12.1 Å². The standard InChI is InChI=1S/C20H18N2O2/c1-13-8-14(2)18-16(9-13)10-17-12-22(20(23)24-19(17)21-18)11-15-6-4-3-5-7-15/h3-10H,11-12H2,1-2H3. The Morgan fingerprint density at radius 3 is 2.71 bits per heavy atom. The van der Waals surface area contributed by atoms with Gasteiger partial charge in [-0.1, -0.05) is 42.0 Å². The van der Waals surface area contributed by atoms with Gasteiger partial charge < -0.3 is 4.74 Å². The van der Waals surface area contributed by atoms with Gasteiger partial charge in [0, 0.05) is 17.5 Å². The number of amides is 1. The number of rotatable bonds is 2. The Bertz CT molecular complexity index is 935. The van der Waals surface area contributed by atoms with Crippen molar-refractivity contribution in [1.29, 1.82) is 0 Å². The van der Waals surface area contributed by atoms with Crippen LogP contribution in [0.15, 0.2) is 48.5 Å². The van der Waals surface area contributed by atoms with Crippen LogP contribution in [-0.2, 0) is 13.1 Å². The van der Waals surface area contributed by atoms with E-state index in [2.05, 4.69) is 30.1 Å². The Balaban J connectivity index is 1.71. The van der Waals surface area contributed by atoms with Gasteiger partial charge in [0.1, 0.15) is 0 Å². The molecule has 0 fully saturated rings. The summed E-state index contributed by atoms with van der Waals surface area (Å²) in [5, 5.41) is 1.09. The molecule has 0 radical (unpaired) electrons. The number of pyridine rings is 1. The van der Waals surface area contributed by atoms with Crippen LogP contribution in [0.5, 0.6) is 5.88 Å². The minimum absolute atomic E-state index is 0.344. The molecule has 2 aromatic carbocycles. The fraction of sp³-hybridized carbons (Fsp3) is 0.200. The number of aromatic nitrogens is 1. The number of nitrogens with zero attached hydrogens (tertiary/aromatic N) is 2. The largest absolute Gasteiger partial charge is 0.417 e. The van der Waals surface area contributed by atoms with Crippen molar-refractivity contribution in [3.8, 4) is 5.88 Å². The highest BCUT2D eigenvalue weighted by molar-refractivity contribution is 5.85. The summed E-state index contributed by atoms with van der Waals surface area (Å²) in [6, 6.07) is 16.2. The van der Waals surface area contributed by atoms with Crippen molar-refractivity contribution in [3.05, 3.63) is 70.8 Å². The predicted octanol–water partition coefficient (Wildman–Crippen LogP) is 4.37. The van der Waals surface area contributed by atoms with E-state index in [0.29, 0.717) is 19.0 Å². The van der Waals surface area contributed by atoms with Gasteiger partial charge in [-0.15, -0.1) is 0 Å². The second-order valence-electron chi connectivity index (χ2n) is 6.32. The molecule has 1 aromatic heterocycles. The average molecular weight is 318 g/mol. The minimum Gasteiger partial charge on any atom is -0.391 e. The number of hydrogen-bond acceptors (Lipinski definition) is 3. The Morgan fingerprint density at radius 1 is 1.12 bits per heavy atom. The van der Waals surface area contributed by atoms with Gasteiger partial charge in [0.2, 0.25) is 5.88 Å². The number of carbonyl (C=O) groups is 1. The van der Waals surface area contributed by atoms with Crippen LogP contribution in [0, 0.1) is 13.8 Å². The maximum atomic E-state index is 12.3. The van der Waals surface area contributed by atoms with Gasteiger partial charge in [-0.25, -0.2) is 9.78 Å². The van der Waals surface area contributed by atoms with E-state index in [1.54, 1.807) is 4.90 Å². The molecule has 0 saturated heterocycles. The summed E-state index contributed by atoms with van der Waals surface area (Å²) < 4.78 is 5.49. The minimum atomic E-state index is -0.344. The van der Waals surface area contributed by atoms with Crippen LogP contribution >= 0.6 is 0 Å². The molecule has 1 aliphatic heterocycles. The first kappa shape index (κ1) is 14.7. The Hall–Kier alpha value is -2.88. The highest BCUT2D eigenvalue weighted by Crippen LogP contribution is 2.30. The lowest BCUT2D eigenvalue weighted by Crippen LogP contribution is -2.36. The van der Waals surface area contributed by atoms with E-state index in [1.165, 1.54) is 5.56 Å². The first-order valence-electron chi connectivity index (χ1n) is 8.02. The molecular formula is C20H18N2O2. The molecule has 120 valence electrons. The third-order valence-corrected chi connectivity index (χ3v) is 4.31. The van der Waals surface area contributed by atoms with Crippen molar-refractivity contribution in [1.82, 2.24) is 9.88 Å². The van der Waals surface area contributed by atoms with Crippen LogP contribution in [0.4, 0.5) is 4.79 Å². The fourth-order valence-electron chi connectivity index (χ4n) is 3.22. The number of ether oxygens (including phenoxy) is 1. The molecule has 4 nitrogen and oxygen atoms in total. The number of benzene rings is 2. The topological polar surface area (TPSA) is 42.4 Å². The molecule has 24 heavy (non-hydrogen) atoms. The van der Waals surface area contributed by atoms with Gasteiger partial charge in [0.15, 0.2) is 0 Å². The molecule has 0 N–H and O–H groups in total. The lowest BCUT2D eigenvalue weighted by atomic mass is 10.0. The van der Waals surface area contributed by atoms with E-state index in [1.807, 2.05) is 37.3 Å². The average Bonchev–Trinajstić information content (AvgIpc) is 2.55. The number of carbonyl (C=O) groups excluding carboxylic acids is 1. The van der Waals surface area contributed by atoms with Crippen molar-refractivity contribution < 1.29 is 9.53 Å². The molecule has 0 spiro atoms. The third-order valence-electron chi connectivity index (χ3n) is 4.31. The highest BCUT2D eigenvalue weighted by Gasteiger charge is 2.26. The number of aryl methyl sites for hydroxylation is 2. The number of fused-ring (bicyclic) bond motifs is 2. The van der Waals surface area contributed by atoms with Crippen LogP contribution in [0.2, 0.25) is 0 Å². The second kappa shape index (κ2) is 5.64. The zero-order valence-corrected chi connectivity index (χ0v) is 13.7. The molecule has 1 aliphatic rings. The van der Waals surface area contributed by atoms with Gasteiger partial charge in [0.25, 0.3) is 0 Å². The Morgan fingerprint density at radius 2 is 1.92 bits per heavy atom. The maximum absolute atomic E-state index is 12.3. The Kier molecular flexibility index (Phi) is 3.45. The number of hydrogen-bond donors (Lipinski definition) is 0. The molecule has 0 aliphatic carbocycles. The summed E-state index contributed by atoms with van der Waals surface area (Å²) >= 11 is 0. The second-order valence-corrected chi connectivity index (χ2v) is 6.32. The van der Waals surface area contributed by atoms with Gasteiger partial charge in [-0.05, 0) is 37.1 Å². The molecule has 4 rings (SSSR count). The van der Waals surface area contributed by atoms with Crippen molar-refractivity contribution in [2.45, 2.75) is 26.9 Å². The predicted molar refractivity (Wildman–Crippen MR) is 92.9 cm³/mol. The summed E-state index contributed by atoms with van der Waals surface area (Å²) in [5.74, 6) is 0.434. The lowest BCUT2D eigenvalue weighted by molar-refractivity contribution is 0.133. The van der Waals surface area contributed by atoms with Crippen LogP contribution < -0.4 is 4.74 Å². The fourth-order valence-corrected chi connectivity index (χ4v) is 3.22. The molecule has 1 amide bonds. The summed E-state index contributed by atoms with van der Waals surface area (Å²) in [6.07, 6.45) is -0.344. The van der Waals surface area contributed by atoms with E-state index < -0.39 is 0 Å². The van der Waals surface area contributed by atoms with Crippen LogP contribution in [0.1, 0.15) is 22.3 Å². The van der Waals surface area contributed by atoms with Crippen LogP contribution in [0.3, 0.4) is 0 Å². The molecule has 0 saturated carbocycles. The Labute approximate surface area is 140 Å². The normalized spacial score (nSPS) is 13.8. The smallest absolute Gasteiger partial charge is 0.391 e. The maximum Gasteiger partial charge on any atom is 0.417 e. The van der Waals surface area contributed by atoms with Gasteiger partial charge in [-0.2, -0.15) is 0 Å². The highest BCUT2D eigenvalue weighted by atomic mass is 16.6. The first-order valence-corrected chi connectivity index (χ1v) is 8.02. The quantitative estimate of drug-likeness (QED) is 0.705. The van der Waals surface area contributed by atoms with Crippen molar-refractivity contribution in [3.63, 3.8) is 0 Å². The van der Waals surface area contributed by atoms with Crippen molar-refractivity contribution in [2.75, 3.05) is 0 Å². The lowest BCUT2D eigenvalue weighted by Gasteiger charge is -2.27. The third kappa shape index (κ3) is 2.60. The van der Waals surface area contributed by atoms with E-state index in [0.717, 1.165) is 27.6 Å². The summed E-state index contributed by atoms with van der Waals surface area (Å²) in [6.45, 7) is 5.15.